The predicted octanol–water partition coefficient (Wildman–Crippen LogP) is 2.47. The molecule has 0 unspecified atom stereocenters. The topological polar surface area (TPSA) is 75.9 Å². The number of nitrogens with one attached hydrogen (secondary N) is 2. The quantitative estimate of drug-likeness (QED) is 0.337. The van der Waals surface area contributed by atoms with Crippen LogP contribution in [0.25, 0.3) is 0 Å². The molecule has 1 aliphatic carbocycles. The minimum Gasteiger partial charge on any atom is -0.367 e. The Balaban J connectivity index is 2.03. The lowest BCUT2D eigenvalue weighted by Crippen LogP contribution is -2.26. The van der Waals surface area contributed by atoms with E-state index in [0.29, 0.717) is 11.9 Å². The molecule has 1 aromatic heterocycles. The maximum Gasteiger partial charge on any atom is 0.191 e. The van der Waals surface area contributed by atoms with Crippen LogP contribution < -0.4 is 16.6 Å². The third kappa shape index (κ3) is 3.49. The van der Waals surface area contributed by atoms with Crippen molar-refractivity contribution in [2.24, 2.45) is 11.8 Å². The first-order valence-corrected chi connectivity index (χ1v) is 7.60. The van der Waals surface area contributed by atoms with Crippen LogP contribution in [0.1, 0.15) is 32.6 Å². The summed E-state index contributed by atoms with van der Waals surface area (Å²) in [5.74, 6) is 7.79. The van der Waals surface area contributed by atoms with E-state index in [1.54, 1.807) is 0 Å². The molecule has 0 spiro atoms. The highest BCUT2D eigenvalue weighted by Gasteiger charge is 2.18. The van der Waals surface area contributed by atoms with Gasteiger partial charge in [0, 0.05) is 12.1 Å². The van der Waals surface area contributed by atoms with Gasteiger partial charge in [0.15, 0.2) is 5.16 Å². The molecular formula is C12H21N5S. The summed E-state index contributed by atoms with van der Waals surface area (Å²) in [6, 6.07) is 2.38. The number of hydrazine groups is 1. The van der Waals surface area contributed by atoms with Gasteiger partial charge in [-0.3, -0.25) is 0 Å². The van der Waals surface area contributed by atoms with Crippen molar-refractivity contribution in [2.45, 2.75) is 43.8 Å². The smallest absolute Gasteiger partial charge is 0.191 e. The number of hydrogen-bond acceptors (Lipinski definition) is 6. The van der Waals surface area contributed by atoms with Crippen LogP contribution in [-0.2, 0) is 0 Å². The van der Waals surface area contributed by atoms with E-state index in [1.165, 1.54) is 37.4 Å². The van der Waals surface area contributed by atoms with Gasteiger partial charge in [-0.25, -0.2) is 15.8 Å². The van der Waals surface area contributed by atoms with Gasteiger partial charge in [0.25, 0.3) is 0 Å². The van der Waals surface area contributed by atoms with E-state index in [1.807, 2.05) is 12.3 Å². The highest BCUT2D eigenvalue weighted by atomic mass is 32.2. The molecule has 2 rings (SSSR count). The summed E-state index contributed by atoms with van der Waals surface area (Å²) < 4.78 is 0. The van der Waals surface area contributed by atoms with Crippen LogP contribution in [0.15, 0.2) is 11.2 Å². The lowest BCUT2D eigenvalue weighted by Gasteiger charge is -2.27. The molecule has 0 aliphatic heterocycles. The van der Waals surface area contributed by atoms with Gasteiger partial charge in [-0.05, 0) is 37.9 Å². The lowest BCUT2D eigenvalue weighted by molar-refractivity contribution is 0.360. The highest BCUT2D eigenvalue weighted by Crippen LogP contribution is 2.26. The van der Waals surface area contributed by atoms with E-state index >= 15 is 0 Å². The summed E-state index contributed by atoms with van der Waals surface area (Å²) >= 11 is 1.52. The zero-order valence-corrected chi connectivity index (χ0v) is 11.8. The summed E-state index contributed by atoms with van der Waals surface area (Å²) in [5, 5.41) is 4.22. The molecule has 1 aromatic rings. The summed E-state index contributed by atoms with van der Waals surface area (Å²) in [4.78, 5) is 8.71. The number of rotatable bonds is 4. The molecule has 1 fully saturated rings. The molecule has 18 heavy (non-hydrogen) atoms. The van der Waals surface area contributed by atoms with E-state index in [2.05, 4.69) is 27.6 Å². The second-order valence-corrected chi connectivity index (χ2v) is 5.64. The Kier molecular flexibility index (Phi) is 4.66. The lowest BCUT2D eigenvalue weighted by atomic mass is 9.87. The second-order valence-electron chi connectivity index (χ2n) is 4.87. The van der Waals surface area contributed by atoms with Crippen LogP contribution in [0.2, 0.25) is 0 Å². The fourth-order valence-electron chi connectivity index (χ4n) is 2.28. The first-order chi connectivity index (χ1) is 8.71. The molecule has 100 valence electrons. The van der Waals surface area contributed by atoms with Crippen molar-refractivity contribution < 1.29 is 0 Å². The molecule has 0 atom stereocenters. The summed E-state index contributed by atoms with van der Waals surface area (Å²) in [5.41, 5.74) is 2.58. The minimum absolute atomic E-state index is 0.524. The highest BCUT2D eigenvalue weighted by molar-refractivity contribution is 7.98. The fraction of sp³-hybridized carbons (Fsp3) is 0.667. The Morgan fingerprint density at radius 1 is 1.22 bits per heavy atom. The van der Waals surface area contributed by atoms with Gasteiger partial charge in [-0.15, -0.1) is 0 Å². The molecule has 0 amide bonds. The third-order valence-electron chi connectivity index (χ3n) is 3.40. The standard InChI is InChI=1S/C12H21N5S/c1-8-3-5-9(6-4-8)14-10-7-11(17-13)16-12(15-10)18-2/h7-9H,3-6,13H2,1-2H3,(H2,14,15,16,17). The van der Waals surface area contributed by atoms with Crippen molar-refractivity contribution in [2.75, 3.05) is 17.0 Å². The first kappa shape index (κ1) is 13.4. The number of nitrogen functional groups attached to an aromatic ring is 1. The number of nitrogens with two attached hydrogens (primary N) is 1. The molecule has 1 heterocycles. The Bertz CT molecular complexity index is 368. The number of aromatic nitrogens is 2. The summed E-state index contributed by atoms with van der Waals surface area (Å²) in [6.45, 7) is 2.32. The molecule has 1 saturated carbocycles. The maximum absolute atomic E-state index is 5.42. The molecular weight excluding hydrogens is 246 g/mol. The average Bonchev–Trinajstić information content (AvgIpc) is 2.41. The maximum atomic E-state index is 5.42. The monoisotopic (exact) mass is 267 g/mol. The molecule has 0 bridgehead atoms. The summed E-state index contributed by atoms with van der Waals surface area (Å²) in [7, 11) is 0. The Labute approximate surface area is 112 Å². The average molecular weight is 267 g/mol. The zero-order chi connectivity index (χ0) is 13.0. The van der Waals surface area contributed by atoms with Gasteiger partial charge in [0.05, 0.1) is 0 Å². The Morgan fingerprint density at radius 3 is 2.50 bits per heavy atom. The largest absolute Gasteiger partial charge is 0.367 e. The molecule has 1 aliphatic rings. The van der Waals surface area contributed by atoms with Crippen molar-refractivity contribution in [3.63, 3.8) is 0 Å². The molecule has 4 N–H and O–H groups in total. The zero-order valence-electron chi connectivity index (χ0n) is 10.9. The van der Waals surface area contributed by atoms with Gasteiger partial charge in [0.1, 0.15) is 11.6 Å². The Morgan fingerprint density at radius 2 is 1.89 bits per heavy atom. The van der Waals surface area contributed by atoms with Crippen LogP contribution in [0.5, 0.6) is 0 Å². The van der Waals surface area contributed by atoms with Crippen LogP contribution in [0, 0.1) is 5.92 Å². The minimum atomic E-state index is 0.524. The predicted molar refractivity (Wildman–Crippen MR) is 76.7 cm³/mol. The van der Waals surface area contributed by atoms with Crippen LogP contribution in [0.4, 0.5) is 11.6 Å². The van der Waals surface area contributed by atoms with E-state index < -0.39 is 0 Å². The third-order valence-corrected chi connectivity index (χ3v) is 3.95. The summed E-state index contributed by atoms with van der Waals surface area (Å²) in [6.07, 6.45) is 6.97. The molecule has 0 aromatic carbocycles. The number of nitrogens with zero attached hydrogens (tertiary/aromatic N) is 2. The van der Waals surface area contributed by atoms with E-state index in [-0.39, 0.29) is 0 Å². The molecule has 0 radical (unpaired) electrons. The van der Waals surface area contributed by atoms with Crippen LogP contribution in [0.3, 0.4) is 0 Å². The fourth-order valence-corrected chi connectivity index (χ4v) is 2.66. The van der Waals surface area contributed by atoms with Crippen molar-refractivity contribution in [1.82, 2.24) is 9.97 Å². The van der Waals surface area contributed by atoms with E-state index in [9.17, 15) is 0 Å². The molecule has 5 nitrogen and oxygen atoms in total. The van der Waals surface area contributed by atoms with Crippen molar-refractivity contribution in [1.29, 1.82) is 0 Å². The number of hydrogen-bond donors (Lipinski definition) is 3. The first-order valence-electron chi connectivity index (χ1n) is 6.37. The van der Waals surface area contributed by atoms with Gasteiger partial charge in [-0.1, -0.05) is 18.7 Å². The molecule has 6 heteroatoms. The van der Waals surface area contributed by atoms with Gasteiger partial charge in [-0.2, -0.15) is 0 Å². The Hall–Kier alpha value is -1.01. The van der Waals surface area contributed by atoms with Gasteiger partial charge in [0.2, 0.25) is 0 Å². The number of anilines is 2. The van der Waals surface area contributed by atoms with E-state index in [4.69, 9.17) is 5.84 Å². The van der Waals surface area contributed by atoms with Crippen molar-refractivity contribution in [3.8, 4) is 0 Å². The van der Waals surface area contributed by atoms with E-state index in [0.717, 1.165) is 16.9 Å². The van der Waals surface area contributed by atoms with Gasteiger partial charge >= 0.3 is 0 Å². The number of thioether (sulfide) groups is 1. The van der Waals surface area contributed by atoms with Crippen LogP contribution >= 0.6 is 11.8 Å². The second kappa shape index (κ2) is 6.24. The molecule has 0 saturated heterocycles. The van der Waals surface area contributed by atoms with Gasteiger partial charge < -0.3 is 10.7 Å². The van der Waals surface area contributed by atoms with Crippen molar-refractivity contribution in [3.05, 3.63) is 6.07 Å². The van der Waals surface area contributed by atoms with Crippen molar-refractivity contribution >= 4 is 23.4 Å². The normalized spacial score (nSPS) is 23.7. The van der Waals surface area contributed by atoms with Crippen LogP contribution in [-0.4, -0.2) is 22.3 Å². The SMILES string of the molecule is CSc1nc(NN)cc(NC2CCC(C)CC2)n1.